The molecule has 0 fully saturated rings. The lowest BCUT2D eigenvalue weighted by molar-refractivity contribution is -0.129. The predicted octanol–water partition coefficient (Wildman–Crippen LogP) is 1.96. The van der Waals surface area contributed by atoms with Crippen LogP contribution in [0.4, 0.5) is 10.5 Å². The first-order chi connectivity index (χ1) is 12.9. The van der Waals surface area contributed by atoms with Crippen LogP contribution in [-0.2, 0) is 14.3 Å². The molecule has 0 unspecified atom stereocenters. The fourth-order valence-electron chi connectivity index (χ4n) is 2.29. The van der Waals surface area contributed by atoms with Crippen molar-refractivity contribution in [3.8, 4) is 0 Å². The number of aliphatic hydroxyl groups excluding tert-OH is 1. The Balaban J connectivity index is 2.76. The minimum absolute atomic E-state index is 0.257. The predicted molar refractivity (Wildman–Crippen MR) is 107 cm³/mol. The maximum Gasteiger partial charge on any atom is 0.408 e. The first-order valence-corrected chi connectivity index (χ1v) is 9.21. The third-order valence-corrected chi connectivity index (χ3v) is 3.76. The van der Waals surface area contributed by atoms with E-state index in [0.717, 1.165) is 5.56 Å². The van der Waals surface area contributed by atoms with E-state index in [1.54, 1.807) is 46.8 Å². The molecule has 2 atom stereocenters. The van der Waals surface area contributed by atoms with Gasteiger partial charge in [0.15, 0.2) is 0 Å². The molecule has 1 aromatic carbocycles. The highest BCUT2D eigenvalue weighted by molar-refractivity contribution is 5.98. The van der Waals surface area contributed by atoms with Crippen molar-refractivity contribution in [2.45, 2.75) is 59.2 Å². The lowest BCUT2D eigenvalue weighted by Gasteiger charge is -2.26. The Labute approximate surface area is 166 Å². The van der Waals surface area contributed by atoms with Crippen molar-refractivity contribution in [3.05, 3.63) is 29.8 Å². The number of alkyl carbamates (subject to hydrolysis) is 1. The second-order valence-electron chi connectivity index (χ2n) is 7.97. The number of ether oxygens (including phenoxy) is 1. The van der Waals surface area contributed by atoms with E-state index in [1.807, 2.05) is 19.1 Å². The summed E-state index contributed by atoms with van der Waals surface area (Å²) >= 11 is 0. The molecule has 0 aliphatic rings. The first kappa shape index (κ1) is 23.4. The molecule has 0 saturated heterocycles. The number of carbonyl (C=O) groups excluding carboxylic acids is 3. The molecule has 0 heterocycles. The van der Waals surface area contributed by atoms with Crippen LogP contribution in [0.5, 0.6) is 0 Å². The summed E-state index contributed by atoms with van der Waals surface area (Å²) in [5, 5.41) is 17.2. The molecule has 0 spiro atoms. The molecular weight excluding hydrogens is 362 g/mol. The lowest BCUT2D eigenvalue weighted by Crippen LogP contribution is -2.56. The van der Waals surface area contributed by atoms with Crippen LogP contribution in [0.3, 0.4) is 0 Å². The Morgan fingerprint density at radius 2 is 1.61 bits per heavy atom. The van der Waals surface area contributed by atoms with Crippen molar-refractivity contribution >= 4 is 23.6 Å². The number of hydrogen-bond acceptors (Lipinski definition) is 5. The summed E-state index contributed by atoms with van der Waals surface area (Å²) in [5.74, 6) is -1.40. The van der Waals surface area contributed by atoms with Crippen LogP contribution < -0.4 is 16.0 Å². The monoisotopic (exact) mass is 393 g/mol. The summed E-state index contributed by atoms with van der Waals surface area (Å²) in [6.07, 6.45) is -0.731. The maximum atomic E-state index is 12.6. The van der Waals surface area contributed by atoms with Gasteiger partial charge in [-0.3, -0.25) is 9.59 Å². The van der Waals surface area contributed by atoms with E-state index in [0.29, 0.717) is 5.69 Å². The van der Waals surface area contributed by atoms with Crippen LogP contribution in [0.15, 0.2) is 24.3 Å². The number of aryl methyl sites for hydroxylation is 1. The number of nitrogens with one attached hydrogen (secondary N) is 3. The van der Waals surface area contributed by atoms with Crippen molar-refractivity contribution in [1.29, 1.82) is 0 Å². The number of hydrogen-bond donors (Lipinski definition) is 4. The van der Waals surface area contributed by atoms with Gasteiger partial charge in [0, 0.05) is 5.69 Å². The second-order valence-corrected chi connectivity index (χ2v) is 7.97. The third-order valence-electron chi connectivity index (χ3n) is 3.76. The molecule has 8 nitrogen and oxygen atoms in total. The quantitative estimate of drug-likeness (QED) is 0.565. The molecule has 156 valence electrons. The summed E-state index contributed by atoms with van der Waals surface area (Å²) in [5.41, 5.74) is 0.887. The van der Waals surface area contributed by atoms with Gasteiger partial charge in [0.1, 0.15) is 17.7 Å². The van der Waals surface area contributed by atoms with E-state index < -0.39 is 42.2 Å². The highest BCUT2D eigenvalue weighted by Crippen LogP contribution is 2.11. The molecule has 0 aliphatic carbocycles. The van der Waals surface area contributed by atoms with Crippen LogP contribution in [0.1, 0.15) is 40.2 Å². The number of rotatable bonds is 7. The molecule has 28 heavy (non-hydrogen) atoms. The normalized spacial score (nSPS) is 13.4. The molecule has 4 N–H and O–H groups in total. The van der Waals surface area contributed by atoms with Gasteiger partial charge in [0.2, 0.25) is 11.8 Å². The molecule has 0 saturated carbocycles. The number of benzene rings is 1. The van der Waals surface area contributed by atoms with Crippen molar-refractivity contribution in [2.24, 2.45) is 5.92 Å². The van der Waals surface area contributed by atoms with Gasteiger partial charge >= 0.3 is 6.09 Å². The van der Waals surface area contributed by atoms with Gasteiger partial charge in [0.25, 0.3) is 0 Å². The van der Waals surface area contributed by atoms with Crippen LogP contribution in [0, 0.1) is 12.8 Å². The maximum absolute atomic E-state index is 12.6. The number of aliphatic hydroxyl groups is 1. The van der Waals surface area contributed by atoms with Crippen molar-refractivity contribution in [2.75, 3.05) is 11.9 Å². The summed E-state index contributed by atoms with van der Waals surface area (Å²) in [7, 11) is 0. The molecule has 0 bridgehead atoms. The molecular formula is C20H31N3O5. The summed E-state index contributed by atoms with van der Waals surface area (Å²) in [6, 6.07) is 5.05. The van der Waals surface area contributed by atoms with Crippen LogP contribution in [-0.4, -0.2) is 47.3 Å². The Hall–Kier alpha value is -2.61. The van der Waals surface area contributed by atoms with Gasteiger partial charge in [-0.1, -0.05) is 31.5 Å². The molecule has 1 rings (SSSR count). The van der Waals surface area contributed by atoms with Crippen LogP contribution >= 0.6 is 0 Å². The van der Waals surface area contributed by atoms with Gasteiger partial charge in [-0.2, -0.15) is 0 Å². The standard InChI is InChI=1S/C20H31N3O5/c1-12(2)16(23-19(27)28-20(4,5)6)18(26)22-15(11-24)17(25)21-14-9-7-13(3)8-10-14/h7-10,12,15-16,24H,11H2,1-6H3,(H,21,25)(H,22,26)(H,23,27)/t15-,16-/m0/s1. The van der Waals surface area contributed by atoms with E-state index in [9.17, 15) is 19.5 Å². The zero-order valence-corrected chi connectivity index (χ0v) is 17.3. The molecule has 0 aliphatic heterocycles. The Morgan fingerprint density at radius 1 is 1.04 bits per heavy atom. The summed E-state index contributed by atoms with van der Waals surface area (Å²) in [4.78, 5) is 36.9. The summed E-state index contributed by atoms with van der Waals surface area (Å²) in [6.45, 7) is 9.99. The fourth-order valence-corrected chi connectivity index (χ4v) is 2.29. The highest BCUT2D eigenvalue weighted by Gasteiger charge is 2.30. The van der Waals surface area contributed by atoms with Crippen molar-refractivity contribution < 1.29 is 24.2 Å². The second kappa shape index (κ2) is 10.1. The molecule has 0 radical (unpaired) electrons. The van der Waals surface area contributed by atoms with Gasteiger partial charge in [0.05, 0.1) is 6.61 Å². The first-order valence-electron chi connectivity index (χ1n) is 9.21. The van der Waals surface area contributed by atoms with Crippen LogP contribution in [0.25, 0.3) is 0 Å². The van der Waals surface area contributed by atoms with Gasteiger partial charge in [-0.05, 0) is 45.7 Å². The van der Waals surface area contributed by atoms with Gasteiger partial charge in [-0.15, -0.1) is 0 Å². The largest absolute Gasteiger partial charge is 0.444 e. The smallest absolute Gasteiger partial charge is 0.408 e. The fraction of sp³-hybridized carbons (Fsp3) is 0.550. The average Bonchev–Trinajstić information content (AvgIpc) is 2.57. The number of amides is 3. The highest BCUT2D eigenvalue weighted by atomic mass is 16.6. The topological polar surface area (TPSA) is 117 Å². The van der Waals surface area contributed by atoms with Gasteiger partial charge in [-0.25, -0.2) is 4.79 Å². The number of anilines is 1. The minimum atomic E-state index is -1.16. The Bertz CT molecular complexity index is 680. The molecule has 3 amide bonds. The number of carbonyl (C=O) groups is 3. The Morgan fingerprint density at radius 3 is 2.07 bits per heavy atom. The SMILES string of the molecule is Cc1ccc(NC(=O)[C@H](CO)NC(=O)[C@@H](NC(=O)OC(C)(C)C)C(C)C)cc1. The zero-order chi connectivity index (χ0) is 21.5. The van der Waals surface area contributed by atoms with Crippen LogP contribution in [0.2, 0.25) is 0 Å². The molecule has 8 heteroatoms. The van der Waals surface area contributed by atoms with E-state index in [4.69, 9.17) is 4.74 Å². The van der Waals surface area contributed by atoms with E-state index in [1.165, 1.54) is 0 Å². The Kier molecular flexibility index (Phi) is 8.43. The van der Waals surface area contributed by atoms with E-state index in [-0.39, 0.29) is 5.92 Å². The van der Waals surface area contributed by atoms with E-state index >= 15 is 0 Å². The van der Waals surface area contributed by atoms with Crippen molar-refractivity contribution in [1.82, 2.24) is 10.6 Å². The molecule has 0 aromatic heterocycles. The average molecular weight is 393 g/mol. The molecule has 1 aromatic rings. The lowest BCUT2D eigenvalue weighted by atomic mass is 10.0. The van der Waals surface area contributed by atoms with Crippen molar-refractivity contribution in [3.63, 3.8) is 0 Å². The third kappa shape index (κ3) is 7.96. The van der Waals surface area contributed by atoms with Gasteiger partial charge < -0.3 is 25.8 Å². The zero-order valence-electron chi connectivity index (χ0n) is 17.3. The summed E-state index contributed by atoms with van der Waals surface area (Å²) < 4.78 is 5.18. The van der Waals surface area contributed by atoms with E-state index in [2.05, 4.69) is 16.0 Å². The minimum Gasteiger partial charge on any atom is -0.444 e.